The topological polar surface area (TPSA) is 73.4 Å². The summed E-state index contributed by atoms with van der Waals surface area (Å²) in [6.07, 6.45) is 3.10. The highest BCUT2D eigenvalue weighted by Crippen LogP contribution is 2.37. The van der Waals surface area contributed by atoms with Gasteiger partial charge in [-0.25, -0.2) is 4.98 Å². The van der Waals surface area contributed by atoms with Crippen LogP contribution in [0.3, 0.4) is 0 Å². The molecule has 5 rings (SSSR count). The number of rotatable bonds is 7. The first-order valence-corrected chi connectivity index (χ1v) is 12.8. The molecule has 2 aromatic heterocycles. The summed E-state index contributed by atoms with van der Waals surface area (Å²) >= 11 is 1.65. The Labute approximate surface area is 208 Å². The van der Waals surface area contributed by atoms with E-state index in [-0.39, 0.29) is 5.56 Å². The molecule has 0 fully saturated rings. The summed E-state index contributed by atoms with van der Waals surface area (Å²) in [5, 5.41) is 0.761. The molecule has 0 amide bonds. The fourth-order valence-electron chi connectivity index (χ4n) is 4.75. The third-order valence-corrected chi connectivity index (χ3v) is 7.56. The van der Waals surface area contributed by atoms with Crippen LogP contribution in [-0.2, 0) is 12.8 Å². The van der Waals surface area contributed by atoms with E-state index >= 15 is 0 Å². The number of nitrogens with zero attached hydrogens (tertiary/aromatic N) is 1. The molecular weight excluding hydrogens is 460 g/mol. The molecule has 4 aromatic rings. The summed E-state index contributed by atoms with van der Waals surface area (Å²) in [6, 6.07) is 11.7. The van der Waals surface area contributed by atoms with Crippen LogP contribution >= 0.6 is 11.3 Å². The maximum Gasteiger partial charge on any atom is 0.260 e. The summed E-state index contributed by atoms with van der Waals surface area (Å²) in [7, 11) is 1.60. The van der Waals surface area contributed by atoms with Gasteiger partial charge in [0.2, 0.25) is 0 Å². The van der Waals surface area contributed by atoms with Crippen molar-refractivity contribution in [3.05, 3.63) is 68.3 Å². The molecule has 1 aliphatic rings. The second-order valence-electron chi connectivity index (χ2n) is 9.33. The monoisotopic (exact) mass is 490 g/mol. The van der Waals surface area contributed by atoms with Crippen molar-refractivity contribution in [3.8, 4) is 28.6 Å². The summed E-state index contributed by atoms with van der Waals surface area (Å²) in [4.78, 5) is 22.9. The van der Waals surface area contributed by atoms with E-state index in [1.807, 2.05) is 30.3 Å². The molecule has 1 atom stereocenters. The molecule has 7 heteroatoms. The smallest absolute Gasteiger partial charge is 0.260 e. The van der Waals surface area contributed by atoms with Crippen molar-refractivity contribution in [3.63, 3.8) is 0 Å². The van der Waals surface area contributed by atoms with Crippen molar-refractivity contribution < 1.29 is 14.2 Å². The second kappa shape index (κ2) is 9.74. The van der Waals surface area contributed by atoms with Crippen molar-refractivity contribution in [1.82, 2.24) is 9.97 Å². The average Bonchev–Trinajstić information content (AvgIpc) is 3.19. The first-order valence-electron chi connectivity index (χ1n) is 12.0. The van der Waals surface area contributed by atoms with Crippen LogP contribution in [0.1, 0.15) is 34.9 Å². The number of fused-ring (bicyclic) bond motifs is 3. The number of H-pyrrole nitrogens is 1. The van der Waals surface area contributed by atoms with Gasteiger partial charge in [-0.05, 0) is 86.1 Å². The van der Waals surface area contributed by atoms with E-state index in [9.17, 15) is 4.79 Å². The Morgan fingerprint density at radius 2 is 1.83 bits per heavy atom. The molecule has 35 heavy (non-hydrogen) atoms. The third-order valence-electron chi connectivity index (χ3n) is 6.41. The lowest BCUT2D eigenvalue weighted by molar-refractivity contribution is 0.211. The fourth-order valence-corrected chi connectivity index (χ4v) is 6.13. The Hall–Kier alpha value is -3.32. The molecule has 2 aromatic carbocycles. The maximum atomic E-state index is 13.0. The Kier molecular flexibility index (Phi) is 6.52. The molecule has 1 N–H and O–H groups in total. The molecule has 0 spiro atoms. The van der Waals surface area contributed by atoms with Gasteiger partial charge in [-0.3, -0.25) is 4.79 Å². The van der Waals surface area contributed by atoms with Crippen molar-refractivity contribution in [2.75, 3.05) is 20.3 Å². The van der Waals surface area contributed by atoms with Gasteiger partial charge >= 0.3 is 0 Å². The molecule has 1 aliphatic carbocycles. The van der Waals surface area contributed by atoms with Crippen LogP contribution < -0.4 is 19.8 Å². The summed E-state index contributed by atoms with van der Waals surface area (Å²) < 4.78 is 17.3. The van der Waals surface area contributed by atoms with Gasteiger partial charge in [0.15, 0.2) is 11.5 Å². The number of hydrogen-bond donors (Lipinski definition) is 1. The molecule has 0 radical (unpaired) electrons. The lowest BCUT2D eigenvalue weighted by Crippen LogP contribution is -2.13. The Bertz CT molecular complexity index is 1420. The van der Waals surface area contributed by atoms with Crippen LogP contribution in [-0.4, -0.2) is 30.3 Å². The minimum absolute atomic E-state index is 0.0696. The lowest BCUT2D eigenvalue weighted by Gasteiger charge is -2.17. The van der Waals surface area contributed by atoms with E-state index in [1.54, 1.807) is 18.4 Å². The number of benzene rings is 2. The Balaban J connectivity index is 1.33. The van der Waals surface area contributed by atoms with Gasteiger partial charge in [0.05, 0.1) is 12.5 Å². The van der Waals surface area contributed by atoms with Gasteiger partial charge in [0, 0.05) is 10.4 Å². The lowest BCUT2D eigenvalue weighted by atomic mass is 9.89. The van der Waals surface area contributed by atoms with Crippen LogP contribution in [0.15, 0.2) is 41.2 Å². The molecule has 2 heterocycles. The normalized spacial score (nSPS) is 15.1. The van der Waals surface area contributed by atoms with E-state index in [2.05, 4.69) is 31.8 Å². The first kappa shape index (κ1) is 23.4. The van der Waals surface area contributed by atoms with Gasteiger partial charge in [-0.2, -0.15) is 0 Å². The Morgan fingerprint density at radius 1 is 1.06 bits per heavy atom. The third kappa shape index (κ3) is 4.91. The zero-order valence-electron chi connectivity index (χ0n) is 20.6. The largest absolute Gasteiger partial charge is 0.493 e. The standard InChI is InChI=1S/C28H30N2O4S/c1-16-5-7-21-24(14-16)35-28-25(21)27(31)29-26(30-28)19-6-8-22(23(15-19)32-4)34-10-9-33-20-12-17(2)11-18(3)13-20/h6,8,11-13,15-16H,5,7,9-10,14H2,1-4H3,(H,29,30,31)/t16-/m1/s1. The summed E-state index contributed by atoms with van der Waals surface area (Å²) in [6.45, 7) is 7.16. The number of aryl methyl sites for hydroxylation is 3. The number of aromatic nitrogens is 2. The molecule has 182 valence electrons. The van der Waals surface area contributed by atoms with Gasteiger partial charge in [0.1, 0.15) is 29.6 Å². The maximum absolute atomic E-state index is 13.0. The van der Waals surface area contributed by atoms with Gasteiger partial charge in [-0.1, -0.05) is 13.0 Å². The predicted molar refractivity (Wildman–Crippen MR) is 140 cm³/mol. The van der Waals surface area contributed by atoms with Gasteiger partial charge < -0.3 is 19.2 Å². The predicted octanol–water partition coefficient (Wildman–Crippen LogP) is 5.86. The van der Waals surface area contributed by atoms with E-state index in [0.717, 1.165) is 40.8 Å². The van der Waals surface area contributed by atoms with Crippen molar-refractivity contribution in [1.29, 1.82) is 0 Å². The van der Waals surface area contributed by atoms with E-state index in [4.69, 9.17) is 19.2 Å². The van der Waals surface area contributed by atoms with Crippen molar-refractivity contribution >= 4 is 21.6 Å². The van der Waals surface area contributed by atoms with Crippen LogP contribution in [0, 0.1) is 19.8 Å². The summed E-state index contributed by atoms with van der Waals surface area (Å²) in [5.41, 5.74) is 4.23. The second-order valence-corrected chi connectivity index (χ2v) is 10.4. The van der Waals surface area contributed by atoms with Gasteiger partial charge in [0.25, 0.3) is 5.56 Å². The fraction of sp³-hybridized carbons (Fsp3) is 0.357. The van der Waals surface area contributed by atoms with Crippen LogP contribution in [0.5, 0.6) is 17.2 Å². The van der Waals surface area contributed by atoms with Crippen LogP contribution in [0.25, 0.3) is 21.6 Å². The van der Waals surface area contributed by atoms with E-state index in [0.29, 0.717) is 36.5 Å². The average molecular weight is 491 g/mol. The quantitative estimate of drug-likeness (QED) is 0.329. The summed E-state index contributed by atoms with van der Waals surface area (Å²) in [5.74, 6) is 3.22. The first-order chi connectivity index (χ1) is 16.9. The number of nitrogens with one attached hydrogen (secondary N) is 1. The SMILES string of the molecule is COc1cc(-c2nc3sc4c(c3c(=O)[nH]2)CC[C@@H](C)C4)ccc1OCCOc1cc(C)cc(C)c1. The molecule has 0 aliphatic heterocycles. The van der Waals surface area contributed by atoms with Crippen LogP contribution in [0.4, 0.5) is 0 Å². The van der Waals surface area contributed by atoms with Crippen molar-refractivity contribution in [2.24, 2.45) is 5.92 Å². The number of methoxy groups -OCH3 is 1. The number of hydrogen-bond acceptors (Lipinski definition) is 6. The number of thiophene rings is 1. The molecule has 0 saturated heterocycles. The number of aromatic amines is 1. The Morgan fingerprint density at radius 3 is 2.60 bits per heavy atom. The molecule has 6 nitrogen and oxygen atoms in total. The highest BCUT2D eigenvalue weighted by molar-refractivity contribution is 7.18. The minimum Gasteiger partial charge on any atom is -0.493 e. The van der Waals surface area contributed by atoms with E-state index < -0.39 is 0 Å². The molecule has 0 saturated carbocycles. The minimum atomic E-state index is -0.0696. The number of ether oxygens (including phenoxy) is 3. The highest BCUT2D eigenvalue weighted by atomic mass is 32.1. The molecular formula is C28H30N2O4S. The van der Waals surface area contributed by atoms with Crippen LogP contribution in [0.2, 0.25) is 0 Å². The zero-order valence-corrected chi connectivity index (χ0v) is 21.4. The highest BCUT2D eigenvalue weighted by Gasteiger charge is 2.23. The molecule has 0 bridgehead atoms. The molecule has 0 unspecified atom stereocenters. The van der Waals surface area contributed by atoms with E-state index in [1.165, 1.54) is 21.6 Å². The van der Waals surface area contributed by atoms with Crippen molar-refractivity contribution in [2.45, 2.75) is 40.0 Å². The van der Waals surface area contributed by atoms with Gasteiger partial charge in [-0.15, -0.1) is 11.3 Å². The zero-order chi connectivity index (χ0) is 24.5.